The standard InChI is InChI=1S/C31H33ClN6O3/c1-18-11-9-14-33-26-23(18)22(32)17-21(24(26)20-12-7-6-8-13-20)19(2)35-29(39)25-27(36-30(40)41-31(3,4)5)37-38-16-10-15-34-28(25)38/h6-8,10-13,15-17,19,33H,9,14H2,1-5H3,(H,35,39)(H,36,37,40). The number of allylic oxidation sites excluding steroid dienone is 1. The summed E-state index contributed by atoms with van der Waals surface area (Å²) in [5.74, 6) is -0.403. The zero-order valence-corrected chi connectivity index (χ0v) is 24.5. The van der Waals surface area contributed by atoms with Crippen molar-refractivity contribution in [2.24, 2.45) is 0 Å². The number of hydrogen-bond donors (Lipinski definition) is 3. The minimum atomic E-state index is -0.724. The number of halogens is 1. The summed E-state index contributed by atoms with van der Waals surface area (Å²) < 4.78 is 6.84. The zero-order valence-electron chi connectivity index (χ0n) is 23.7. The molecule has 5 rings (SSSR count). The van der Waals surface area contributed by atoms with Crippen molar-refractivity contribution in [3.63, 3.8) is 0 Å². The quantitative estimate of drug-likeness (QED) is 0.235. The third-order valence-corrected chi connectivity index (χ3v) is 7.02. The molecule has 1 atom stereocenters. The van der Waals surface area contributed by atoms with Gasteiger partial charge in [-0.1, -0.05) is 48.0 Å². The lowest BCUT2D eigenvalue weighted by Gasteiger charge is -2.25. The third kappa shape index (κ3) is 5.90. The second-order valence-corrected chi connectivity index (χ2v) is 11.4. The number of carbonyl (C=O) groups excluding carboxylic acids is 2. The molecule has 1 unspecified atom stereocenters. The van der Waals surface area contributed by atoms with Gasteiger partial charge in [-0.05, 0) is 69.9 Å². The number of anilines is 2. The van der Waals surface area contributed by atoms with Gasteiger partial charge in [0, 0.05) is 30.1 Å². The van der Waals surface area contributed by atoms with E-state index in [1.165, 1.54) is 4.52 Å². The Morgan fingerprint density at radius 2 is 1.90 bits per heavy atom. The molecule has 1 aliphatic heterocycles. The molecule has 2 aromatic carbocycles. The van der Waals surface area contributed by atoms with E-state index in [1.807, 2.05) is 43.3 Å². The summed E-state index contributed by atoms with van der Waals surface area (Å²) in [6.45, 7) is 10.0. The minimum Gasteiger partial charge on any atom is -0.444 e. The first-order valence-corrected chi connectivity index (χ1v) is 13.9. The second-order valence-electron chi connectivity index (χ2n) is 11.0. The van der Waals surface area contributed by atoms with Gasteiger partial charge in [0.1, 0.15) is 11.2 Å². The number of nitrogens with zero attached hydrogens (tertiary/aromatic N) is 3. The monoisotopic (exact) mass is 572 g/mol. The number of fused-ring (bicyclic) bond motifs is 2. The van der Waals surface area contributed by atoms with Gasteiger partial charge in [0.05, 0.1) is 16.8 Å². The minimum absolute atomic E-state index is 0.0494. The van der Waals surface area contributed by atoms with Crippen molar-refractivity contribution < 1.29 is 14.3 Å². The molecule has 2 amide bonds. The summed E-state index contributed by atoms with van der Waals surface area (Å²) in [4.78, 5) is 30.8. The Morgan fingerprint density at radius 1 is 1.15 bits per heavy atom. The van der Waals surface area contributed by atoms with E-state index >= 15 is 0 Å². The topological polar surface area (TPSA) is 110 Å². The van der Waals surface area contributed by atoms with Crippen LogP contribution in [0.25, 0.3) is 22.3 Å². The van der Waals surface area contributed by atoms with E-state index in [2.05, 4.69) is 39.0 Å². The van der Waals surface area contributed by atoms with Crippen LogP contribution in [0.4, 0.5) is 16.3 Å². The average molecular weight is 573 g/mol. The lowest BCUT2D eigenvalue weighted by molar-refractivity contribution is 0.0635. The Bertz CT molecular complexity index is 1660. The fourth-order valence-electron chi connectivity index (χ4n) is 5.01. The van der Waals surface area contributed by atoms with Crippen LogP contribution in [0.15, 0.2) is 60.9 Å². The van der Waals surface area contributed by atoms with Gasteiger partial charge in [-0.15, -0.1) is 5.10 Å². The summed E-state index contributed by atoms with van der Waals surface area (Å²) in [6.07, 6.45) is 5.56. The van der Waals surface area contributed by atoms with Gasteiger partial charge in [-0.25, -0.2) is 14.3 Å². The van der Waals surface area contributed by atoms with Crippen LogP contribution in [0.1, 0.15) is 68.6 Å². The van der Waals surface area contributed by atoms with E-state index in [9.17, 15) is 9.59 Å². The van der Waals surface area contributed by atoms with Crippen LogP contribution in [-0.2, 0) is 4.74 Å². The van der Waals surface area contributed by atoms with Gasteiger partial charge in [0.2, 0.25) is 0 Å². The van der Waals surface area contributed by atoms with Crippen LogP contribution < -0.4 is 16.0 Å². The number of hydrogen-bond acceptors (Lipinski definition) is 6. The Morgan fingerprint density at radius 3 is 2.63 bits per heavy atom. The number of carbonyl (C=O) groups is 2. The SMILES string of the molecule is CC1=CCCNc2c1c(Cl)cc(C(C)NC(=O)c1c(NC(=O)OC(C)(C)C)nn3cccnc13)c2-c1ccccc1. The van der Waals surface area contributed by atoms with Crippen LogP contribution in [0.2, 0.25) is 5.02 Å². The maximum atomic E-state index is 13.9. The molecule has 10 heteroatoms. The van der Waals surface area contributed by atoms with Crippen LogP contribution in [0, 0.1) is 0 Å². The highest BCUT2D eigenvalue weighted by Gasteiger charge is 2.28. The summed E-state index contributed by atoms with van der Waals surface area (Å²) in [7, 11) is 0. The van der Waals surface area contributed by atoms with E-state index in [1.54, 1.807) is 39.2 Å². The first-order chi connectivity index (χ1) is 19.5. The van der Waals surface area contributed by atoms with E-state index in [0.717, 1.165) is 46.5 Å². The number of amides is 2. The highest BCUT2D eigenvalue weighted by molar-refractivity contribution is 6.33. The molecule has 0 saturated carbocycles. The van der Waals surface area contributed by atoms with Crippen LogP contribution in [0.3, 0.4) is 0 Å². The molecule has 9 nitrogen and oxygen atoms in total. The Hall–Kier alpha value is -4.37. The maximum Gasteiger partial charge on any atom is 0.413 e. The van der Waals surface area contributed by atoms with Crippen molar-refractivity contribution in [1.82, 2.24) is 19.9 Å². The smallest absolute Gasteiger partial charge is 0.413 e. The van der Waals surface area contributed by atoms with E-state index in [4.69, 9.17) is 16.3 Å². The van der Waals surface area contributed by atoms with Gasteiger partial charge in [-0.3, -0.25) is 10.1 Å². The molecule has 212 valence electrons. The Kier molecular flexibility index (Phi) is 7.73. The lowest BCUT2D eigenvalue weighted by Crippen LogP contribution is -2.30. The van der Waals surface area contributed by atoms with Crippen molar-refractivity contribution >= 4 is 46.3 Å². The number of rotatable bonds is 5. The van der Waals surface area contributed by atoms with Gasteiger partial charge in [0.15, 0.2) is 11.5 Å². The van der Waals surface area contributed by atoms with Crippen molar-refractivity contribution in [2.45, 2.75) is 52.7 Å². The molecular formula is C31H33ClN6O3. The molecule has 0 aliphatic carbocycles. The predicted octanol–water partition coefficient (Wildman–Crippen LogP) is 7.11. The molecule has 41 heavy (non-hydrogen) atoms. The number of ether oxygens (including phenoxy) is 1. The molecule has 3 heterocycles. The van der Waals surface area contributed by atoms with Gasteiger partial charge in [-0.2, -0.15) is 0 Å². The first kappa shape index (κ1) is 28.2. The average Bonchev–Trinajstić information content (AvgIpc) is 3.15. The second kappa shape index (κ2) is 11.2. The zero-order chi connectivity index (χ0) is 29.3. The number of nitrogens with one attached hydrogen (secondary N) is 3. The normalized spacial score (nSPS) is 13.9. The van der Waals surface area contributed by atoms with Crippen molar-refractivity contribution in [2.75, 3.05) is 17.2 Å². The van der Waals surface area contributed by atoms with E-state index in [-0.39, 0.29) is 11.4 Å². The Labute approximate surface area is 244 Å². The largest absolute Gasteiger partial charge is 0.444 e. The molecule has 0 bridgehead atoms. The van der Waals surface area contributed by atoms with E-state index < -0.39 is 23.6 Å². The van der Waals surface area contributed by atoms with Gasteiger partial charge in [0.25, 0.3) is 5.91 Å². The lowest BCUT2D eigenvalue weighted by atomic mass is 9.89. The molecule has 0 fully saturated rings. The van der Waals surface area contributed by atoms with Gasteiger partial charge >= 0.3 is 6.09 Å². The fourth-order valence-corrected chi connectivity index (χ4v) is 5.37. The van der Waals surface area contributed by atoms with Crippen molar-refractivity contribution in [1.29, 1.82) is 0 Å². The molecule has 0 radical (unpaired) electrons. The number of aromatic nitrogens is 3. The van der Waals surface area contributed by atoms with Crippen LogP contribution in [0.5, 0.6) is 0 Å². The van der Waals surface area contributed by atoms with Gasteiger partial charge < -0.3 is 15.4 Å². The molecule has 1 aliphatic rings. The Balaban J connectivity index is 1.56. The fraction of sp³-hybridized carbons (Fsp3) is 0.290. The maximum absolute atomic E-state index is 13.9. The highest BCUT2D eigenvalue weighted by atomic mass is 35.5. The summed E-state index contributed by atoms with van der Waals surface area (Å²) in [6, 6.07) is 13.2. The summed E-state index contributed by atoms with van der Waals surface area (Å²) in [5, 5.41) is 14.3. The van der Waals surface area contributed by atoms with Crippen molar-refractivity contribution in [3.05, 3.63) is 82.6 Å². The van der Waals surface area contributed by atoms with Crippen LogP contribution >= 0.6 is 11.6 Å². The molecule has 3 N–H and O–H groups in total. The molecule has 4 aromatic rings. The first-order valence-electron chi connectivity index (χ1n) is 13.5. The summed E-state index contributed by atoms with van der Waals surface area (Å²) >= 11 is 6.89. The number of benzene rings is 2. The van der Waals surface area contributed by atoms with E-state index in [0.29, 0.717) is 10.7 Å². The molecule has 2 aromatic heterocycles. The third-order valence-electron chi connectivity index (χ3n) is 6.72. The summed E-state index contributed by atoms with van der Waals surface area (Å²) in [5.41, 5.74) is 5.53. The van der Waals surface area contributed by atoms with Crippen molar-refractivity contribution in [3.8, 4) is 11.1 Å². The van der Waals surface area contributed by atoms with Crippen LogP contribution in [-0.4, -0.2) is 38.7 Å². The predicted molar refractivity (Wildman–Crippen MR) is 162 cm³/mol. The molecule has 0 saturated heterocycles. The highest BCUT2D eigenvalue weighted by Crippen LogP contribution is 2.44. The molecular weight excluding hydrogens is 540 g/mol. The molecule has 0 spiro atoms.